The molecular weight excluding hydrogens is 165 g/mol. The van der Waals surface area contributed by atoms with Crippen LogP contribution in [0.4, 0.5) is 4.79 Å². The van der Waals surface area contributed by atoms with Crippen LogP contribution in [0.2, 0.25) is 6.32 Å². The molecular formula is C9H20BNO2. The van der Waals surface area contributed by atoms with E-state index in [1.165, 1.54) is 7.11 Å². The summed E-state index contributed by atoms with van der Waals surface area (Å²) in [5, 5.41) is 0. The van der Waals surface area contributed by atoms with Gasteiger partial charge in [-0.1, -0.05) is 27.1 Å². The number of carbonyl (C=O) groups excluding carboxylic acids is 1. The predicted molar refractivity (Wildman–Crippen MR) is 56.2 cm³/mol. The van der Waals surface area contributed by atoms with Crippen molar-refractivity contribution < 1.29 is 9.53 Å². The summed E-state index contributed by atoms with van der Waals surface area (Å²) in [6.07, 6.45) is 1.67. The molecule has 1 rings (SSSR count). The predicted octanol–water partition coefficient (Wildman–Crippen LogP) is 2.08. The fourth-order valence-corrected chi connectivity index (χ4v) is 0.628. The van der Waals surface area contributed by atoms with Gasteiger partial charge in [-0.3, -0.25) is 0 Å². The number of hydrogen-bond donors (Lipinski definition) is 0. The molecule has 13 heavy (non-hydrogen) atoms. The molecule has 1 saturated heterocycles. The molecule has 0 aromatic carbocycles. The lowest BCUT2D eigenvalue weighted by atomic mass is 10.1. The fourth-order valence-electron chi connectivity index (χ4n) is 0.628. The second-order valence-electron chi connectivity index (χ2n) is 2.22. The molecule has 2 radical (unpaired) electrons. The lowest BCUT2D eigenvalue weighted by Crippen LogP contribution is -2.41. The minimum absolute atomic E-state index is 0.198. The van der Waals surface area contributed by atoms with Crippen molar-refractivity contribution in [2.45, 2.75) is 33.5 Å². The Morgan fingerprint density at radius 2 is 1.85 bits per heavy atom. The molecule has 0 N–H and O–H groups in total. The van der Waals surface area contributed by atoms with E-state index >= 15 is 0 Å². The Morgan fingerprint density at radius 1 is 1.46 bits per heavy atom. The Kier molecular flexibility index (Phi) is 12.9. The van der Waals surface area contributed by atoms with Gasteiger partial charge in [0.15, 0.2) is 0 Å². The Morgan fingerprint density at radius 3 is 1.92 bits per heavy atom. The van der Waals surface area contributed by atoms with Gasteiger partial charge in [0.25, 0.3) is 0 Å². The molecule has 1 aliphatic rings. The number of methoxy groups -OCH3 is 1. The lowest BCUT2D eigenvalue weighted by Gasteiger charge is -2.28. The van der Waals surface area contributed by atoms with Crippen LogP contribution in [-0.4, -0.2) is 39.0 Å². The van der Waals surface area contributed by atoms with Crippen molar-refractivity contribution in [1.29, 1.82) is 0 Å². The van der Waals surface area contributed by atoms with Crippen LogP contribution in [-0.2, 0) is 4.74 Å². The zero-order chi connectivity index (χ0) is 10.7. The normalized spacial score (nSPS) is 12.5. The maximum Gasteiger partial charge on any atom is 0.409 e. The molecule has 0 saturated carbocycles. The molecule has 0 bridgehead atoms. The Labute approximate surface area is 82.9 Å². The van der Waals surface area contributed by atoms with Crippen molar-refractivity contribution >= 4 is 13.9 Å². The molecule has 4 heteroatoms. The van der Waals surface area contributed by atoms with Gasteiger partial charge in [-0.25, -0.2) is 4.79 Å². The summed E-state index contributed by atoms with van der Waals surface area (Å²) in [6, 6.07) is 0. The van der Waals surface area contributed by atoms with E-state index < -0.39 is 0 Å². The van der Waals surface area contributed by atoms with Crippen LogP contribution in [0.3, 0.4) is 0 Å². The minimum Gasteiger partial charge on any atom is -0.453 e. The van der Waals surface area contributed by atoms with Crippen LogP contribution in [0.5, 0.6) is 0 Å². The molecule has 3 nitrogen and oxygen atoms in total. The maximum absolute atomic E-state index is 10.5. The summed E-state index contributed by atoms with van der Waals surface area (Å²) in [5.74, 6) is 0. The number of rotatable bonds is 0. The van der Waals surface area contributed by atoms with Crippen molar-refractivity contribution in [2.75, 3.05) is 20.2 Å². The largest absolute Gasteiger partial charge is 0.453 e. The first-order chi connectivity index (χ1) is 6.26. The smallest absolute Gasteiger partial charge is 0.409 e. The van der Waals surface area contributed by atoms with Gasteiger partial charge in [0, 0.05) is 13.1 Å². The number of amides is 1. The number of ether oxygens (including phenoxy) is 1. The summed E-state index contributed by atoms with van der Waals surface area (Å²) in [7, 11) is 6.25. The van der Waals surface area contributed by atoms with E-state index in [0.717, 1.165) is 25.8 Å². The Bertz CT molecular complexity index is 116. The van der Waals surface area contributed by atoms with Gasteiger partial charge in [0.1, 0.15) is 0 Å². The number of carbonyl (C=O) groups is 1. The van der Waals surface area contributed by atoms with Crippen molar-refractivity contribution in [3.63, 3.8) is 0 Å². The average Bonchev–Trinajstić information content (AvgIpc) is 2.06. The third-order valence-corrected chi connectivity index (χ3v) is 1.29. The van der Waals surface area contributed by atoms with Crippen LogP contribution in [0, 0.1) is 0 Å². The summed E-state index contributed by atoms with van der Waals surface area (Å²) >= 11 is 0. The molecule has 0 aromatic rings. The quantitative estimate of drug-likeness (QED) is 0.540. The molecule has 0 unspecified atom stereocenters. The molecule has 0 aliphatic carbocycles. The first-order valence-electron chi connectivity index (χ1n) is 4.79. The first-order valence-corrected chi connectivity index (χ1v) is 4.79. The van der Waals surface area contributed by atoms with E-state index in [1.54, 1.807) is 4.90 Å². The van der Waals surface area contributed by atoms with Crippen LogP contribution in [0.1, 0.15) is 27.2 Å². The molecule has 0 atom stereocenters. The molecule has 1 heterocycles. The van der Waals surface area contributed by atoms with Gasteiger partial charge < -0.3 is 9.64 Å². The van der Waals surface area contributed by atoms with E-state index in [2.05, 4.69) is 4.74 Å². The summed E-state index contributed by atoms with van der Waals surface area (Å²) < 4.78 is 4.44. The summed E-state index contributed by atoms with van der Waals surface area (Å²) in [5.41, 5.74) is 0. The van der Waals surface area contributed by atoms with E-state index in [4.69, 9.17) is 7.85 Å². The molecule has 0 aromatic heterocycles. The van der Waals surface area contributed by atoms with Gasteiger partial charge >= 0.3 is 6.09 Å². The fraction of sp³-hybridized carbons (Fsp3) is 0.889. The molecule has 1 fully saturated rings. The SMILES string of the molecule is CC.COC(=O)N1CCC1.[B]CC. The van der Waals surface area contributed by atoms with Crippen molar-refractivity contribution in [1.82, 2.24) is 4.90 Å². The molecule has 1 aliphatic heterocycles. The third kappa shape index (κ3) is 7.69. The van der Waals surface area contributed by atoms with E-state index in [1.807, 2.05) is 20.8 Å². The maximum atomic E-state index is 10.5. The number of likely N-dealkylation sites (tertiary alicyclic amines) is 1. The highest BCUT2D eigenvalue weighted by molar-refractivity contribution is 6.08. The van der Waals surface area contributed by atoms with E-state index in [-0.39, 0.29) is 6.09 Å². The van der Waals surface area contributed by atoms with Crippen LogP contribution >= 0.6 is 0 Å². The zero-order valence-corrected chi connectivity index (χ0v) is 9.17. The molecule has 76 valence electrons. The van der Waals surface area contributed by atoms with Crippen LogP contribution in [0.15, 0.2) is 0 Å². The number of nitrogens with zero attached hydrogens (tertiary/aromatic N) is 1. The Balaban J connectivity index is 0. The van der Waals surface area contributed by atoms with Crippen molar-refractivity contribution in [2.24, 2.45) is 0 Å². The highest BCUT2D eigenvalue weighted by Gasteiger charge is 2.19. The third-order valence-electron chi connectivity index (χ3n) is 1.29. The highest BCUT2D eigenvalue weighted by atomic mass is 16.5. The van der Waals surface area contributed by atoms with E-state index in [9.17, 15) is 4.79 Å². The van der Waals surface area contributed by atoms with Gasteiger partial charge in [0.05, 0.1) is 15.0 Å². The Hall–Kier alpha value is -0.665. The lowest BCUT2D eigenvalue weighted by molar-refractivity contribution is 0.0991. The first kappa shape index (κ1) is 14.8. The summed E-state index contributed by atoms with van der Waals surface area (Å²) in [4.78, 5) is 12.2. The van der Waals surface area contributed by atoms with Crippen LogP contribution in [0.25, 0.3) is 0 Å². The summed E-state index contributed by atoms with van der Waals surface area (Å²) in [6.45, 7) is 7.64. The standard InChI is InChI=1S/C5H9NO2.C2H5B.C2H6/c1-8-5(7)6-3-2-4-6;1-2-3;1-2/h2-4H2,1H3;2H2,1H3;1-2H3. The second kappa shape index (κ2) is 11.3. The minimum atomic E-state index is -0.198. The van der Waals surface area contributed by atoms with Gasteiger partial charge in [-0.15, -0.1) is 0 Å². The van der Waals surface area contributed by atoms with Crippen molar-refractivity contribution in [3.05, 3.63) is 0 Å². The van der Waals surface area contributed by atoms with Gasteiger partial charge in [-0.2, -0.15) is 0 Å². The second-order valence-corrected chi connectivity index (χ2v) is 2.22. The van der Waals surface area contributed by atoms with Crippen LogP contribution < -0.4 is 0 Å². The number of hydrogen-bond acceptors (Lipinski definition) is 2. The highest BCUT2D eigenvalue weighted by Crippen LogP contribution is 2.05. The zero-order valence-electron chi connectivity index (χ0n) is 9.17. The van der Waals surface area contributed by atoms with Crippen molar-refractivity contribution in [3.8, 4) is 0 Å². The van der Waals surface area contributed by atoms with Gasteiger partial charge in [0.2, 0.25) is 0 Å². The average molecular weight is 185 g/mol. The monoisotopic (exact) mass is 185 g/mol. The topological polar surface area (TPSA) is 29.5 Å². The van der Waals surface area contributed by atoms with Gasteiger partial charge in [-0.05, 0) is 6.42 Å². The molecule has 0 spiro atoms. The molecule has 1 amide bonds. The van der Waals surface area contributed by atoms with E-state index in [0.29, 0.717) is 0 Å².